The molecule has 6 nitrogen and oxygen atoms in total. The Kier molecular flexibility index (Phi) is 5.73. The Morgan fingerprint density at radius 2 is 1.81 bits per heavy atom. The van der Waals surface area contributed by atoms with Crippen LogP contribution in [0.15, 0.2) is 73.2 Å². The number of nitrogens with zero attached hydrogens (tertiary/aromatic N) is 4. The van der Waals surface area contributed by atoms with Crippen molar-refractivity contribution in [1.82, 2.24) is 19.4 Å². The molecule has 0 amide bonds. The predicted octanol–water partition coefficient (Wildman–Crippen LogP) is 4.95. The van der Waals surface area contributed by atoms with E-state index in [4.69, 9.17) is 21.3 Å². The minimum atomic E-state index is -0.419. The van der Waals surface area contributed by atoms with Crippen molar-refractivity contribution in [2.24, 2.45) is 0 Å². The van der Waals surface area contributed by atoms with Crippen molar-refractivity contribution in [3.63, 3.8) is 0 Å². The highest BCUT2D eigenvalue weighted by atomic mass is 35.5. The molecule has 2 heterocycles. The number of carbonyl (C=O) groups excluding carboxylic acids is 1. The van der Waals surface area contributed by atoms with E-state index in [1.807, 2.05) is 79.5 Å². The Hall–Kier alpha value is -3.64. The fraction of sp³-hybridized carbons (Fsp3) is 0.125. The van der Waals surface area contributed by atoms with Gasteiger partial charge in [0.25, 0.3) is 0 Å². The summed E-state index contributed by atoms with van der Waals surface area (Å²) in [5.41, 5.74) is 3.88. The standard InChI is InChI=1S/C24H21ClN4O2/c1-28(2)15-22(24(30)31-3)29-13-11-17-4-5-18(14-21(17)29)23-26-12-10-20(27-23)16-6-8-19(25)9-7-16/h4-15H,1-3H3/b22-15-. The van der Waals surface area contributed by atoms with Crippen molar-refractivity contribution in [3.05, 3.63) is 78.2 Å². The Morgan fingerprint density at radius 1 is 1.06 bits per heavy atom. The summed E-state index contributed by atoms with van der Waals surface area (Å²) in [7, 11) is 5.09. The minimum absolute atomic E-state index is 0.412. The molecule has 0 atom stereocenters. The first-order chi connectivity index (χ1) is 15.0. The molecule has 0 aliphatic heterocycles. The summed E-state index contributed by atoms with van der Waals surface area (Å²) in [5, 5.41) is 1.67. The zero-order valence-corrected chi connectivity index (χ0v) is 18.2. The maximum absolute atomic E-state index is 12.4. The van der Waals surface area contributed by atoms with E-state index in [1.54, 1.807) is 17.3 Å². The van der Waals surface area contributed by atoms with Gasteiger partial charge in [0.15, 0.2) is 5.82 Å². The molecule has 4 aromatic rings. The van der Waals surface area contributed by atoms with E-state index in [0.29, 0.717) is 16.5 Å². The highest BCUT2D eigenvalue weighted by Crippen LogP contribution is 2.27. The monoisotopic (exact) mass is 432 g/mol. The number of methoxy groups -OCH3 is 1. The summed E-state index contributed by atoms with van der Waals surface area (Å²) in [5.74, 6) is 0.177. The number of fused-ring (bicyclic) bond motifs is 1. The van der Waals surface area contributed by atoms with Gasteiger partial charge in [-0.2, -0.15) is 0 Å². The lowest BCUT2D eigenvalue weighted by Gasteiger charge is -2.13. The molecule has 0 saturated heterocycles. The average molecular weight is 433 g/mol. The molecular weight excluding hydrogens is 412 g/mol. The Labute approximate surface area is 185 Å². The summed E-state index contributed by atoms with van der Waals surface area (Å²) < 4.78 is 6.80. The van der Waals surface area contributed by atoms with Crippen LogP contribution in [0, 0.1) is 0 Å². The molecule has 0 N–H and O–H groups in total. The molecule has 31 heavy (non-hydrogen) atoms. The number of benzene rings is 2. The van der Waals surface area contributed by atoms with Crippen LogP contribution in [0.2, 0.25) is 5.02 Å². The van der Waals surface area contributed by atoms with Gasteiger partial charge in [0, 0.05) is 48.8 Å². The van der Waals surface area contributed by atoms with Crippen molar-refractivity contribution in [1.29, 1.82) is 0 Å². The van der Waals surface area contributed by atoms with Crippen LogP contribution >= 0.6 is 11.6 Å². The summed E-state index contributed by atoms with van der Waals surface area (Å²) >= 11 is 6.00. The van der Waals surface area contributed by atoms with Crippen LogP contribution in [0.1, 0.15) is 0 Å². The van der Waals surface area contributed by atoms with E-state index in [0.717, 1.165) is 27.7 Å². The zero-order chi connectivity index (χ0) is 22.0. The molecule has 2 aromatic heterocycles. The molecule has 0 aliphatic rings. The smallest absolute Gasteiger partial charge is 0.356 e. The fourth-order valence-corrected chi connectivity index (χ4v) is 3.45. The number of ether oxygens (including phenoxy) is 1. The molecule has 156 valence electrons. The van der Waals surface area contributed by atoms with Gasteiger partial charge in [-0.25, -0.2) is 14.8 Å². The second-order valence-electron chi connectivity index (χ2n) is 7.20. The van der Waals surface area contributed by atoms with Gasteiger partial charge in [0.1, 0.15) is 5.70 Å². The van der Waals surface area contributed by atoms with Gasteiger partial charge >= 0.3 is 5.97 Å². The van der Waals surface area contributed by atoms with Crippen molar-refractivity contribution in [2.75, 3.05) is 21.2 Å². The normalized spacial score (nSPS) is 11.5. The third kappa shape index (κ3) is 4.29. The van der Waals surface area contributed by atoms with E-state index >= 15 is 0 Å². The third-order valence-electron chi connectivity index (χ3n) is 4.78. The van der Waals surface area contributed by atoms with Gasteiger partial charge in [0.2, 0.25) is 0 Å². The molecule has 0 bridgehead atoms. The molecule has 7 heteroatoms. The molecule has 0 aliphatic carbocycles. The minimum Gasteiger partial charge on any atom is -0.464 e. The number of halogens is 1. The van der Waals surface area contributed by atoms with Gasteiger partial charge in [-0.3, -0.25) is 0 Å². The SMILES string of the molecule is COC(=O)/C(=C/N(C)C)n1ccc2ccc(-c3nccc(-c4ccc(Cl)cc4)n3)cc21. The van der Waals surface area contributed by atoms with Crippen molar-refractivity contribution >= 4 is 34.2 Å². The zero-order valence-electron chi connectivity index (χ0n) is 17.4. The molecule has 0 radical (unpaired) electrons. The molecule has 0 spiro atoms. The topological polar surface area (TPSA) is 60.2 Å². The van der Waals surface area contributed by atoms with Crippen LogP contribution in [-0.2, 0) is 9.53 Å². The molecule has 0 unspecified atom stereocenters. The van der Waals surface area contributed by atoms with Crippen LogP contribution in [0.4, 0.5) is 0 Å². The first-order valence-electron chi connectivity index (χ1n) is 9.63. The van der Waals surface area contributed by atoms with Gasteiger partial charge in [-0.05, 0) is 35.7 Å². The second-order valence-corrected chi connectivity index (χ2v) is 7.64. The summed E-state index contributed by atoms with van der Waals surface area (Å²) in [6, 6.07) is 17.3. The summed E-state index contributed by atoms with van der Waals surface area (Å²) in [4.78, 5) is 23.4. The first-order valence-corrected chi connectivity index (χ1v) is 10.0. The number of hydrogen-bond acceptors (Lipinski definition) is 5. The van der Waals surface area contributed by atoms with Gasteiger partial charge < -0.3 is 14.2 Å². The third-order valence-corrected chi connectivity index (χ3v) is 5.03. The molecule has 4 rings (SSSR count). The van der Waals surface area contributed by atoms with Crippen LogP contribution in [0.25, 0.3) is 39.2 Å². The Balaban J connectivity index is 1.80. The number of carbonyl (C=O) groups is 1. The molecular formula is C24H21ClN4O2. The van der Waals surface area contributed by atoms with Gasteiger partial charge in [-0.1, -0.05) is 35.9 Å². The van der Waals surface area contributed by atoms with Gasteiger partial charge in [0.05, 0.1) is 18.3 Å². The quantitative estimate of drug-likeness (QED) is 0.330. The van der Waals surface area contributed by atoms with E-state index < -0.39 is 5.97 Å². The number of esters is 1. The number of hydrogen-bond donors (Lipinski definition) is 0. The van der Waals surface area contributed by atoms with E-state index in [1.165, 1.54) is 7.11 Å². The van der Waals surface area contributed by atoms with Gasteiger partial charge in [-0.15, -0.1) is 0 Å². The number of aromatic nitrogens is 3. The van der Waals surface area contributed by atoms with Crippen LogP contribution in [-0.4, -0.2) is 46.6 Å². The number of rotatable bonds is 5. The van der Waals surface area contributed by atoms with Crippen LogP contribution in [0.5, 0.6) is 0 Å². The van der Waals surface area contributed by atoms with E-state index in [-0.39, 0.29) is 0 Å². The maximum Gasteiger partial charge on any atom is 0.356 e. The first kappa shape index (κ1) is 20.6. The van der Waals surface area contributed by atoms with E-state index in [2.05, 4.69) is 4.98 Å². The Bertz CT molecular complexity index is 1280. The highest BCUT2D eigenvalue weighted by Gasteiger charge is 2.16. The molecule has 0 fully saturated rings. The van der Waals surface area contributed by atoms with Crippen molar-refractivity contribution in [3.8, 4) is 22.6 Å². The largest absolute Gasteiger partial charge is 0.464 e. The lowest BCUT2D eigenvalue weighted by atomic mass is 10.1. The lowest BCUT2D eigenvalue weighted by molar-refractivity contribution is -0.134. The summed E-state index contributed by atoms with van der Waals surface area (Å²) in [6.45, 7) is 0. The highest BCUT2D eigenvalue weighted by molar-refractivity contribution is 6.30. The van der Waals surface area contributed by atoms with Crippen LogP contribution in [0.3, 0.4) is 0 Å². The van der Waals surface area contributed by atoms with E-state index in [9.17, 15) is 4.79 Å². The average Bonchev–Trinajstić information content (AvgIpc) is 3.20. The summed E-state index contributed by atoms with van der Waals surface area (Å²) in [6.07, 6.45) is 5.32. The Morgan fingerprint density at radius 3 is 2.52 bits per heavy atom. The predicted molar refractivity (Wildman–Crippen MR) is 123 cm³/mol. The fourth-order valence-electron chi connectivity index (χ4n) is 3.32. The van der Waals surface area contributed by atoms with Crippen LogP contribution < -0.4 is 0 Å². The second kappa shape index (κ2) is 8.62. The molecule has 0 saturated carbocycles. The lowest BCUT2D eigenvalue weighted by Crippen LogP contribution is -2.14. The van der Waals surface area contributed by atoms with Crippen molar-refractivity contribution < 1.29 is 9.53 Å². The van der Waals surface area contributed by atoms with Crippen molar-refractivity contribution in [2.45, 2.75) is 0 Å². The molecule has 2 aromatic carbocycles. The maximum atomic E-state index is 12.4.